The Hall–Kier alpha value is -2.17. The molecule has 0 bridgehead atoms. The summed E-state index contributed by atoms with van der Waals surface area (Å²) in [5, 5.41) is 18.7. The second-order valence-electron chi connectivity index (χ2n) is 3.19. The molecule has 0 saturated carbocycles. The van der Waals surface area contributed by atoms with Gasteiger partial charge in [0.05, 0.1) is 16.5 Å². The van der Waals surface area contributed by atoms with E-state index in [1.54, 1.807) is 13.0 Å². The summed E-state index contributed by atoms with van der Waals surface area (Å²) in [4.78, 5) is 18.4. The summed E-state index contributed by atoms with van der Waals surface area (Å²) >= 11 is 0. The van der Waals surface area contributed by atoms with Crippen LogP contribution in [0.25, 0.3) is 10.9 Å². The summed E-state index contributed by atoms with van der Waals surface area (Å²) in [6.45, 7) is 1.68. The van der Waals surface area contributed by atoms with Crippen LogP contribution in [-0.2, 0) is 0 Å². The standard InChI is InChI=1S/C10H8N2O3/c1-5-2-8-7(3-6(5)10(14)15)9(13)12-4-11-8/h2-4H,1H3,(H,14,15)(H,11,12,13). The molecule has 1 aromatic carbocycles. The topological polar surface area (TPSA) is 83.3 Å². The van der Waals surface area contributed by atoms with Crippen LogP contribution < -0.4 is 0 Å². The lowest BCUT2D eigenvalue weighted by atomic mass is 10.1. The van der Waals surface area contributed by atoms with Crippen molar-refractivity contribution in [2.24, 2.45) is 0 Å². The molecule has 0 fully saturated rings. The summed E-state index contributed by atoms with van der Waals surface area (Å²) in [7, 11) is 0. The quantitative estimate of drug-likeness (QED) is 0.732. The predicted octanol–water partition coefficient (Wildman–Crippen LogP) is 1.34. The summed E-state index contributed by atoms with van der Waals surface area (Å²) < 4.78 is 0. The Morgan fingerprint density at radius 1 is 1.33 bits per heavy atom. The van der Waals surface area contributed by atoms with Gasteiger partial charge in [-0.05, 0) is 24.6 Å². The Morgan fingerprint density at radius 2 is 2.07 bits per heavy atom. The molecule has 0 aliphatic carbocycles. The van der Waals surface area contributed by atoms with E-state index >= 15 is 0 Å². The number of fused-ring (bicyclic) bond motifs is 1. The van der Waals surface area contributed by atoms with Gasteiger partial charge < -0.3 is 10.2 Å². The molecular weight excluding hydrogens is 196 g/mol. The van der Waals surface area contributed by atoms with Crippen LogP contribution in [-0.4, -0.2) is 26.2 Å². The zero-order chi connectivity index (χ0) is 11.0. The van der Waals surface area contributed by atoms with E-state index in [9.17, 15) is 9.90 Å². The number of carboxylic acids is 1. The van der Waals surface area contributed by atoms with E-state index in [1.807, 2.05) is 0 Å². The van der Waals surface area contributed by atoms with E-state index in [0.29, 0.717) is 16.5 Å². The number of nitrogens with zero attached hydrogens (tertiary/aromatic N) is 2. The molecule has 2 rings (SSSR count). The van der Waals surface area contributed by atoms with Crippen molar-refractivity contribution in [3.8, 4) is 5.88 Å². The molecular formula is C10H8N2O3. The number of aromatic nitrogens is 2. The largest absolute Gasteiger partial charge is 0.493 e. The van der Waals surface area contributed by atoms with Gasteiger partial charge in [0.2, 0.25) is 5.88 Å². The lowest BCUT2D eigenvalue weighted by Crippen LogP contribution is -2.00. The van der Waals surface area contributed by atoms with Gasteiger partial charge in [0.15, 0.2) is 0 Å². The first-order valence-corrected chi connectivity index (χ1v) is 4.27. The SMILES string of the molecule is Cc1cc2ncnc(O)c2cc1C(=O)O. The Morgan fingerprint density at radius 3 is 2.73 bits per heavy atom. The fourth-order valence-electron chi connectivity index (χ4n) is 1.42. The molecule has 76 valence electrons. The molecule has 2 aromatic rings. The number of rotatable bonds is 1. The van der Waals surface area contributed by atoms with E-state index in [4.69, 9.17) is 5.11 Å². The van der Waals surface area contributed by atoms with E-state index in [1.165, 1.54) is 12.4 Å². The molecule has 5 nitrogen and oxygen atoms in total. The zero-order valence-corrected chi connectivity index (χ0v) is 7.93. The predicted molar refractivity (Wildman–Crippen MR) is 52.9 cm³/mol. The van der Waals surface area contributed by atoms with Crippen molar-refractivity contribution in [3.63, 3.8) is 0 Å². The number of benzene rings is 1. The Balaban J connectivity index is 2.83. The van der Waals surface area contributed by atoms with Crippen LogP contribution in [0.5, 0.6) is 5.88 Å². The first-order valence-electron chi connectivity index (χ1n) is 4.27. The molecule has 0 unspecified atom stereocenters. The lowest BCUT2D eigenvalue weighted by Gasteiger charge is -2.03. The van der Waals surface area contributed by atoms with Gasteiger partial charge in [-0.15, -0.1) is 0 Å². The molecule has 0 aliphatic rings. The molecule has 0 spiro atoms. The van der Waals surface area contributed by atoms with Crippen molar-refractivity contribution < 1.29 is 15.0 Å². The number of carbonyl (C=O) groups is 1. The number of hydrogen-bond donors (Lipinski definition) is 2. The molecule has 0 aliphatic heterocycles. The van der Waals surface area contributed by atoms with Crippen LogP contribution in [0.1, 0.15) is 15.9 Å². The Bertz CT molecular complexity index is 552. The van der Waals surface area contributed by atoms with Crippen molar-refractivity contribution in [2.45, 2.75) is 6.92 Å². The fraction of sp³-hybridized carbons (Fsp3) is 0.100. The first-order chi connectivity index (χ1) is 7.09. The van der Waals surface area contributed by atoms with Crippen molar-refractivity contribution in [1.82, 2.24) is 9.97 Å². The first kappa shape index (κ1) is 9.39. The van der Waals surface area contributed by atoms with Gasteiger partial charge in [0.25, 0.3) is 0 Å². The van der Waals surface area contributed by atoms with Gasteiger partial charge in [-0.1, -0.05) is 0 Å². The van der Waals surface area contributed by atoms with Gasteiger partial charge in [-0.2, -0.15) is 0 Å². The minimum absolute atomic E-state index is 0.146. The normalized spacial score (nSPS) is 10.5. The van der Waals surface area contributed by atoms with Gasteiger partial charge in [-0.25, -0.2) is 14.8 Å². The van der Waals surface area contributed by atoms with Gasteiger partial charge in [-0.3, -0.25) is 0 Å². The van der Waals surface area contributed by atoms with E-state index in [-0.39, 0.29) is 11.4 Å². The third kappa shape index (κ3) is 1.48. The molecule has 5 heteroatoms. The average Bonchev–Trinajstić information content (AvgIpc) is 2.16. The highest BCUT2D eigenvalue weighted by Crippen LogP contribution is 2.23. The number of carboxylic acid groups (broad SMARTS) is 1. The molecule has 1 heterocycles. The smallest absolute Gasteiger partial charge is 0.335 e. The van der Waals surface area contributed by atoms with Gasteiger partial charge >= 0.3 is 5.97 Å². The zero-order valence-electron chi connectivity index (χ0n) is 7.93. The molecule has 0 saturated heterocycles. The van der Waals surface area contributed by atoms with Crippen LogP contribution in [0.3, 0.4) is 0 Å². The lowest BCUT2D eigenvalue weighted by molar-refractivity contribution is 0.0696. The number of aromatic carboxylic acids is 1. The van der Waals surface area contributed by atoms with Crippen LogP contribution >= 0.6 is 0 Å². The minimum atomic E-state index is -1.03. The van der Waals surface area contributed by atoms with Gasteiger partial charge in [0.1, 0.15) is 6.33 Å². The fourth-order valence-corrected chi connectivity index (χ4v) is 1.42. The molecule has 0 amide bonds. The van der Waals surface area contributed by atoms with Crippen LogP contribution in [0.2, 0.25) is 0 Å². The summed E-state index contributed by atoms with van der Waals surface area (Å²) in [6, 6.07) is 2.99. The maximum atomic E-state index is 10.9. The van der Waals surface area contributed by atoms with Gasteiger partial charge in [0, 0.05) is 0 Å². The average molecular weight is 204 g/mol. The third-order valence-corrected chi connectivity index (χ3v) is 2.19. The van der Waals surface area contributed by atoms with Crippen molar-refractivity contribution in [3.05, 3.63) is 29.6 Å². The molecule has 15 heavy (non-hydrogen) atoms. The van der Waals surface area contributed by atoms with Crippen molar-refractivity contribution >= 4 is 16.9 Å². The monoisotopic (exact) mass is 204 g/mol. The maximum Gasteiger partial charge on any atom is 0.335 e. The van der Waals surface area contributed by atoms with Crippen molar-refractivity contribution in [1.29, 1.82) is 0 Å². The number of aryl methyl sites for hydroxylation is 1. The summed E-state index contributed by atoms with van der Waals surface area (Å²) in [5.74, 6) is -1.24. The second-order valence-corrected chi connectivity index (χ2v) is 3.19. The number of aromatic hydroxyl groups is 1. The minimum Gasteiger partial charge on any atom is -0.493 e. The third-order valence-electron chi connectivity index (χ3n) is 2.19. The van der Waals surface area contributed by atoms with Crippen LogP contribution in [0.4, 0.5) is 0 Å². The highest BCUT2D eigenvalue weighted by atomic mass is 16.4. The van der Waals surface area contributed by atoms with Crippen LogP contribution in [0.15, 0.2) is 18.5 Å². The summed E-state index contributed by atoms with van der Waals surface area (Å²) in [5.41, 5.74) is 1.28. The van der Waals surface area contributed by atoms with Crippen molar-refractivity contribution in [2.75, 3.05) is 0 Å². The molecule has 2 N–H and O–H groups in total. The molecule has 0 atom stereocenters. The molecule has 1 aromatic heterocycles. The van der Waals surface area contributed by atoms with E-state index in [2.05, 4.69) is 9.97 Å². The maximum absolute atomic E-state index is 10.9. The Kier molecular flexibility index (Phi) is 2.00. The van der Waals surface area contributed by atoms with E-state index < -0.39 is 5.97 Å². The number of hydrogen-bond acceptors (Lipinski definition) is 4. The molecule has 0 radical (unpaired) electrons. The Labute approximate surface area is 85.0 Å². The van der Waals surface area contributed by atoms with E-state index in [0.717, 1.165) is 0 Å². The van der Waals surface area contributed by atoms with Crippen LogP contribution in [0, 0.1) is 6.92 Å². The second kappa shape index (κ2) is 3.20. The summed E-state index contributed by atoms with van der Waals surface area (Å²) in [6.07, 6.45) is 1.23. The highest BCUT2D eigenvalue weighted by molar-refractivity contribution is 5.96. The highest BCUT2D eigenvalue weighted by Gasteiger charge is 2.11.